The largest absolute Gasteiger partial charge is 0.372 e. The van der Waals surface area contributed by atoms with Crippen LogP contribution in [0.15, 0.2) is 0 Å². The van der Waals surface area contributed by atoms with Crippen molar-refractivity contribution >= 4 is 5.91 Å². The van der Waals surface area contributed by atoms with Crippen LogP contribution in [0.1, 0.15) is 64.2 Å². The lowest BCUT2D eigenvalue weighted by Gasteiger charge is -2.50. The molecule has 7 N–H and O–H groups in total. The number of carbonyl (C=O) groups is 1. The quantitative estimate of drug-likeness (QED) is 0.310. The van der Waals surface area contributed by atoms with Gasteiger partial charge in [-0.2, -0.15) is 0 Å². The topological polar surface area (TPSA) is 121 Å². The first kappa shape index (κ1) is 30.5. The average Bonchev–Trinajstić information content (AvgIpc) is 2.91. The number of amides is 1. The second-order valence-electron chi connectivity index (χ2n) is 13.6. The minimum atomic E-state index is -1.11. The van der Waals surface area contributed by atoms with E-state index in [4.69, 9.17) is 16.2 Å². The number of rotatable bonds is 5. The molecule has 4 saturated heterocycles. The van der Waals surface area contributed by atoms with Gasteiger partial charge in [0.05, 0.1) is 36.4 Å². The van der Waals surface area contributed by atoms with Crippen molar-refractivity contribution in [2.24, 2.45) is 22.8 Å². The number of alkyl halides is 2. The van der Waals surface area contributed by atoms with Crippen LogP contribution in [0.2, 0.25) is 0 Å². The number of nitrogens with zero attached hydrogens (tertiary/aromatic N) is 2. The zero-order chi connectivity index (χ0) is 28.3. The molecule has 5 aliphatic rings. The standard InChI is InChI=1S/C29H53F2N7O2/c1-37-13-14-40-29(19-37)9-11-38(12-10-29)25-21(31)17-34-18-23(25)36-27(39)24(26(32)33)22-15-28(6-3-2-4-7-28)8-5-20(30)16-35-22/h20-26,34-35H,2-19,32-33H2,1H3,(H,36,39). The van der Waals surface area contributed by atoms with Crippen LogP contribution in [0.25, 0.3) is 0 Å². The molecule has 4 aliphatic heterocycles. The molecule has 4 heterocycles. The Kier molecular flexibility index (Phi) is 10.0. The molecule has 2 spiro atoms. The molecule has 0 bridgehead atoms. The number of ether oxygens (including phenoxy) is 1. The van der Waals surface area contributed by atoms with Gasteiger partial charge in [-0.15, -0.1) is 0 Å². The molecule has 0 aromatic carbocycles. The number of likely N-dealkylation sites (tertiary alicyclic amines) is 1. The highest BCUT2D eigenvalue weighted by Gasteiger charge is 2.47. The molecule has 5 rings (SSSR count). The summed E-state index contributed by atoms with van der Waals surface area (Å²) in [4.78, 5) is 18.4. The van der Waals surface area contributed by atoms with E-state index in [1.807, 2.05) is 0 Å². The zero-order valence-electron chi connectivity index (χ0n) is 24.4. The van der Waals surface area contributed by atoms with Gasteiger partial charge in [0.1, 0.15) is 12.3 Å². The summed E-state index contributed by atoms with van der Waals surface area (Å²) in [5, 5.41) is 9.69. The lowest BCUT2D eigenvalue weighted by atomic mass is 9.65. The van der Waals surface area contributed by atoms with Crippen molar-refractivity contribution in [2.75, 3.05) is 59.5 Å². The van der Waals surface area contributed by atoms with E-state index < -0.39 is 36.5 Å². The van der Waals surface area contributed by atoms with E-state index in [1.54, 1.807) is 0 Å². The summed E-state index contributed by atoms with van der Waals surface area (Å²) >= 11 is 0. The first-order valence-electron chi connectivity index (χ1n) is 15.8. The van der Waals surface area contributed by atoms with E-state index in [0.717, 1.165) is 84.2 Å². The molecular weight excluding hydrogens is 516 g/mol. The highest BCUT2D eigenvalue weighted by atomic mass is 19.1. The number of carbonyl (C=O) groups excluding carboxylic acids is 1. The van der Waals surface area contributed by atoms with Crippen molar-refractivity contribution in [3.63, 3.8) is 0 Å². The Morgan fingerprint density at radius 1 is 1.02 bits per heavy atom. The molecule has 1 aliphatic carbocycles. The second kappa shape index (κ2) is 13.1. The van der Waals surface area contributed by atoms with Crippen LogP contribution >= 0.6 is 0 Å². The normalized spacial score (nSPS) is 36.7. The Morgan fingerprint density at radius 3 is 2.48 bits per heavy atom. The fraction of sp³-hybridized carbons (Fsp3) is 0.966. The maximum absolute atomic E-state index is 15.5. The highest BCUT2D eigenvalue weighted by molar-refractivity contribution is 5.80. The third kappa shape index (κ3) is 6.98. The van der Waals surface area contributed by atoms with E-state index in [9.17, 15) is 9.18 Å². The Hall–Kier alpha value is -0.950. The molecule has 1 saturated carbocycles. The number of nitrogens with one attached hydrogen (secondary N) is 3. The molecule has 0 radical (unpaired) electrons. The smallest absolute Gasteiger partial charge is 0.227 e. The summed E-state index contributed by atoms with van der Waals surface area (Å²) in [5.41, 5.74) is 12.4. The summed E-state index contributed by atoms with van der Waals surface area (Å²) in [6.45, 7) is 4.98. The van der Waals surface area contributed by atoms with Gasteiger partial charge in [0.25, 0.3) is 0 Å². The molecule has 5 fully saturated rings. The highest BCUT2D eigenvalue weighted by Crippen LogP contribution is 2.46. The third-order valence-electron chi connectivity index (χ3n) is 10.7. The van der Waals surface area contributed by atoms with Gasteiger partial charge in [0.15, 0.2) is 0 Å². The maximum atomic E-state index is 15.5. The Balaban J connectivity index is 1.28. The van der Waals surface area contributed by atoms with Gasteiger partial charge in [-0.25, -0.2) is 8.78 Å². The maximum Gasteiger partial charge on any atom is 0.227 e. The number of halogens is 2. The van der Waals surface area contributed by atoms with Gasteiger partial charge in [-0.3, -0.25) is 9.69 Å². The average molecular weight is 570 g/mol. The fourth-order valence-electron chi connectivity index (χ4n) is 8.46. The van der Waals surface area contributed by atoms with Gasteiger partial charge in [-0.1, -0.05) is 19.3 Å². The summed E-state index contributed by atoms with van der Waals surface area (Å²) in [6, 6.07) is -1.15. The van der Waals surface area contributed by atoms with Crippen LogP contribution in [0.4, 0.5) is 8.78 Å². The van der Waals surface area contributed by atoms with Gasteiger partial charge in [0, 0.05) is 51.9 Å². The summed E-state index contributed by atoms with van der Waals surface area (Å²) < 4.78 is 36.5. The van der Waals surface area contributed by atoms with E-state index >= 15 is 4.39 Å². The first-order valence-corrected chi connectivity index (χ1v) is 15.8. The van der Waals surface area contributed by atoms with Crippen molar-refractivity contribution in [3.05, 3.63) is 0 Å². The lowest BCUT2D eigenvalue weighted by Crippen LogP contribution is -2.69. The van der Waals surface area contributed by atoms with Gasteiger partial charge < -0.3 is 37.1 Å². The van der Waals surface area contributed by atoms with Crippen molar-refractivity contribution < 1.29 is 18.3 Å². The summed E-state index contributed by atoms with van der Waals surface area (Å²) in [5.74, 6) is -0.980. The van der Waals surface area contributed by atoms with E-state index in [-0.39, 0.29) is 36.1 Å². The predicted molar refractivity (Wildman–Crippen MR) is 152 cm³/mol. The van der Waals surface area contributed by atoms with Gasteiger partial charge in [-0.05, 0) is 57.4 Å². The van der Waals surface area contributed by atoms with Gasteiger partial charge in [0.2, 0.25) is 5.91 Å². The molecule has 11 heteroatoms. The molecular formula is C29H53F2N7O2. The minimum Gasteiger partial charge on any atom is -0.372 e. The second-order valence-corrected chi connectivity index (χ2v) is 13.6. The van der Waals surface area contributed by atoms with E-state index in [0.29, 0.717) is 13.0 Å². The number of hydrogen-bond acceptors (Lipinski definition) is 8. The van der Waals surface area contributed by atoms with Crippen LogP contribution in [-0.2, 0) is 9.53 Å². The molecule has 9 nitrogen and oxygen atoms in total. The van der Waals surface area contributed by atoms with Crippen LogP contribution in [-0.4, -0.2) is 117 Å². The minimum absolute atomic E-state index is 0.0199. The van der Waals surface area contributed by atoms with Crippen LogP contribution in [0.5, 0.6) is 0 Å². The van der Waals surface area contributed by atoms with Crippen molar-refractivity contribution in [3.8, 4) is 0 Å². The van der Waals surface area contributed by atoms with E-state index in [2.05, 4.69) is 32.8 Å². The monoisotopic (exact) mass is 569 g/mol. The number of likely N-dealkylation sites (N-methyl/N-ethyl adjacent to an activating group) is 1. The molecule has 230 valence electrons. The molecule has 6 unspecified atom stereocenters. The number of morpholine rings is 1. The number of nitrogens with two attached hydrogens (primary N) is 2. The van der Waals surface area contributed by atoms with E-state index in [1.165, 1.54) is 6.42 Å². The molecule has 0 aromatic heterocycles. The van der Waals surface area contributed by atoms with Crippen molar-refractivity contribution in [1.29, 1.82) is 0 Å². The van der Waals surface area contributed by atoms with Crippen LogP contribution < -0.4 is 27.4 Å². The van der Waals surface area contributed by atoms with Crippen molar-refractivity contribution in [2.45, 2.75) is 106 Å². The third-order valence-corrected chi connectivity index (χ3v) is 10.7. The van der Waals surface area contributed by atoms with Crippen LogP contribution in [0, 0.1) is 11.3 Å². The first-order chi connectivity index (χ1) is 19.2. The van der Waals surface area contributed by atoms with Crippen molar-refractivity contribution in [1.82, 2.24) is 25.8 Å². The summed E-state index contributed by atoms with van der Waals surface area (Å²) in [6.07, 6.45) is 6.51. The lowest BCUT2D eigenvalue weighted by molar-refractivity contribution is -0.140. The molecule has 6 atom stereocenters. The Bertz CT molecular complexity index is 837. The van der Waals surface area contributed by atoms with Crippen LogP contribution in [0.3, 0.4) is 0 Å². The summed E-state index contributed by atoms with van der Waals surface area (Å²) in [7, 11) is 2.12. The Morgan fingerprint density at radius 2 is 1.77 bits per heavy atom. The van der Waals surface area contributed by atoms with Gasteiger partial charge >= 0.3 is 0 Å². The Labute approximate surface area is 238 Å². The number of hydrogen-bond donors (Lipinski definition) is 5. The molecule has 0 aromatic rings. The molecule has 1 amide bonds. The molecule has 40 heavy (non-hydrogen) atoms. The predicted octanol–water partition coefficient (Wildman–Crippen LogP) is 0.868. The number of piperidine rings is 2. The fourth-order valence-corrected chi connectivity index (χ4v) is 8.46. The SMILES string of the molecule is CN1CCOC2(CCN(C3C(F)CNCC3NC(=O)C(C(N)N)C3CC4(CCCCC4)CCC(F)CN3)CC2)C1. The zero-order valence-corrected chi connectivity index (χ0v) is 24.4.